The Hall–Kier alpha value is -2.40. The number of nitrogens with one attached hydrogen (secondary N) is 2. The minimum Gasteiger partial charge on any atom is -0.378 e. The molecule has 2 aromatic heterocycles. The molecule has 4 rings (SSSR count). The number of hydrogen-bond acceptors (Lipinski definition) is 7. The molecule has 2 fully saturated rings. The first-order valence-electron chi connectivity index (χ1n) is 10.1. The van der Waals surface area contributed by atoms with Gasteiger partial charge in [-0.3, -0.25) is 10.00 Å². The van der Waals surface area contributed by atoms with E-state index in [1.54, 1.807) is 12.1 Å². The van der Waals surface area contributed by atoms with Crippen LogP contribution in [0.5, 0.6) is 0 Å². The van der Waals surface area contributed by atoms with Gasteiger partial charge in [0.05, 0.1) is 19.3 Å². The smallest absolute Gasteiger partial charge is 0.378 e. The zero-order valence-electron chi connectivity index (χ0n) is 17.0. The lowest BCUT2D eigenvalue weighted by Crippen LogP contribution is -2.56. The summed E-state index contributed by atoms with van der Waals surface area (Å²) in [5.74, 6) is 0.0476. The normalized spacial score (nSPS) is 18.7. The van der Waals surface area contributed by atoms with Crippen molar-refractivity contribution >= 4 is 17.5 Å². The molecule has 0 radical (unpaired) electrons. The van der Waals surface area contributed by atoms with Crippen LogP contribution in [0, 0.1) is 5.92 Å². The van der Waals surface area contributed by atoms with Crippen molar-refractivity contribution < 1.29 is 17.9 Å². The fraction of sp³-hybridized carbons (Fsp3) is 0.632. The summed E-state index contributed by atoms with van der Waals surface area (Å²) >= 11 is 0. The number of rotatable bonds is 6. The van der Waals surface area contributed by atoms with Crippen LogP contribution in [-0.2, 0) is 17.3 Å². The molecule has 0 bridgehead atoms. The van der Waals surface area contributed by atoms with Crippen LogP contribution in [-0.4, -0.2) is 70.5 Å². The van der Waals surface area contributed by atoms with Gasteiger partial charge in [0.1, 0.15) is 11.6 Å². The predicted molar refractivity (Wildman–Crippen MR) is 106 cm³/mol. The maximum Gasteiger partial charge on any atom is 0.451 e. The van der Waals surface area contributed by atoms with Gasteiger partial charge in [-0.15, -0.1) is 0 Å². The van der Waals surface area contributed by atoms with Gasteiger partial charge in [-0.05, 0) is 12.3 Å². The number of piperazine rings is 1. The summed E-state index contributed by atoms with van der Waals surface area (Å²) in [6.07, 6.45) is -3.83. The van der Waals surface area contributed by atoms with E-state index in [0.29, 0.717) is 30.9 Å². The Morgan fingerprint density at radius 3 is 2.47 bits per heavy atom. The van der Waals surface area contributed by atoms with E-state index >= 15 is 0 Å². The first kappa shape index (κ1) is 20.9. The van der Waals surface area contributed by atoms with E-state index in [2.05, 4.69) is 44.2 Å². The number of alkyl halides is 3. The van der Waals surface area contributed by atoms with Crippen molar-refractivity contribution in [3.8, 4) is 0 Å². The molecule has 0 saturated carbocycles. The van der Waals surface area contributed by atoms with Gasteiger partial charge in [0, 0.05) is 44.0 Å². The van der Waals surface area contributed by atoms with Gasteiger partial charge in [-0.1, -0.05) is 13.8 Å². The topological polar surface area (TPSA) is 82.2 Å². The quantitative estimate of drug-likeness (QED) is 0.736. The molecule has 164 valence electrons. The van der Waals surface area contributed by atoms with Crippen LogP contribution in [0.2, 0.25) is 0 Å². The van der Waals surface area contributed by atoms with Crippen molar-refractivity contribution in [3.05, 3.63) is 23.7 Å². The number of aromatic nitrogens is 4. The van der Waals surface area contributed by atoms with Crippen molar-refractivity contribution in [2.45, 2.75) is 32.5 Å². The maximum absolute atomic E-state index is 13.4. The Morgan fingerprint density at radius 1 is 1.13 bits per heavy atom. The maximum atomic E-state index is 13.4. The summed E-state index contributed by atoms with van der Waals surface area (Å²) in [5.41, 5.74) is 0.911. The number of aromatic amines is 1. The Balaban J connectivity index is 1.51. The molecule has 2 N–H and O–H groups in total. The van der Waals surface area contributed by atoms with E-state index in [-0.39, 0.29) is 11.6 Å². The molecule has 30 heavy (non-hydrogen) atoms. The molecule has 2 aliphatic rings. The lowest BCUT2D eigenvalue weighted by molar-refractivity contribution is -0.144. The lowest BCUT2D eigenvalue weighted by atomic mass is 10.1. The number of ether oxygens (including phenoxy) is 1. The summed E-state index contributed by atoms with van der Waals surface area (Å²) in [6, 6.07) is 3.75. The van der Waals surface area contributed by atoms with E-state index in [1.165, 1.54) is 0 Å². The van der Waals surface area contributed by atoms with Gasteiger partial charge in [-0.25, -0.2) is 9.97 Å². The second kappa shape index (κ2) is 8.38. The van der Waals surface area contributed by atoms with E-state index in [1.807, 2.05) is 4.90 Å². The second-order valence-corrected chi connectivity index (χ2v) is 8.15. The molecule has 2 aliphatic heterocycles. The highest BCUT2D eigenvalue weighted by Crippen LogP contribution is 2.30. The van der Waals surface area contributed by atoms with Crippen LogP contribution in [0.1, 0.15) is 25.4 Å². The number of H-pyrrole nitrogens is 1. The Kier molecular flexibility index (Phi) is 5.83. The molecule has 0 aromatic carbocycles. The molecule has 0 aliphatic carbocycles. The van der Waals surface area contributed by atoms with E-state index in [9.17, 15) is 13.2 Å². The Labute approximate surface area is 172 Å². The van der Waals surface area contributed by atoms with Crippen LogP contribution in [0.3, 0.4) is 0 Å². The number of anilines is 3. The average Bonchev–Trinajstić information content (AvgIpc) is 3.06. The highest BCUT2D eigenvalue weighted by Gasteiger charge is 2.36. The van der Waals surface area contributed by atoms with Gasteiger partial charge in [-0.2, -0.15) is 18.3 Å². The van der Waals surface area contributed by atoms with Crippen LogP contribution >= 0.6 is 0 Å². The molecule has 2 aromatic rings. The molecule has 11 heteroatoms. The van der Waals surface area contributed by atoms with Crippen LogP contribution in [0.15, 0.2) is 12.1 Å². The van der Waals surface area contributed by atoms with Crippen LogP contribution in [0.25, 0.3) is 0 Å². The van der Waals surface area contributed by atoms with Crippen LogP contribution in [0.4, 0.5) is 30.6 Å². The Morgan fingerprint density at radius 2 is 1.87 bits per heavy atom. The van der Waals surface area contributed by atoms with Crippen LogP contribution < -0.4 is 10.2 Å². The molecule has 8 nitrogen and oxygen atoms in total. The lowest BCUT2D eigenvalue weighted by Gasteiger charge is -2.42. The molecule has 0 amide bonds. The van der Waals surface area contributed by atoms with Gasteiger partial charge >= 0.3 is 6.18 Å². The van der Waals surface area contributed by atoms with Crippen molar-refractivity contribution in [1.82, 2.24) is 25.1 Å². The summed E-state index contributed by atoms with van der Waals surface area (Å²) in [7, 11) is 0. The van der Waals surface area contributed by atoms with Crippen molar-refractivity contribution in [1.29, 1.82) is 0 Å². The average molecular weight is 425 g/mol. The third-order valence-electron chi connectivity index (χ3n) is 5.26. The van der Waals surface area contributed by atoms with Gasteiger partial charge in [0.25, 0.3) is 0 Å². The fourth-order valence-electron chi connectivity index (χ4n) is 3.64. The molecular weight excluding hydrogens is 399 g/mol. The number of halogens is 3. The van der Waals surface area contributed by atoms with E-state index in [4.69, 9.17) is 4.74 Å². The largest absolute Gasteiger partial charge is 0.451 e. The minimum atomic E-state index is -4.63. The first-order chi connectivity index (χ1) is 14.3. The molecule has 0 spiro atoms. The Bertz CT molecular complexity index is 858. The van der Waals surface area contributed by atoms with Crippen molar-refractivity contribution in [2.75, 3.05) is 49.6 Å². The first-order valence-corrected chi connectivity index (χ1v) is 10.1. The third-order valence-corrected chi connectivity index (χ3v) is 5.26. The molecular formula is C19H26F3N7O. The zero-order valence-corrected chi connectivity index (χ0v) is 17.0. The molecule has 4 heterocycles. The fourth-order valence-corrected chi connectivity index (χ4v) is 3.64. The summed E-state index contributed by atoms with van der Waals surface area (Å²) in [6.45, 7) is 8.34. The van der Waals surface area contributed by atoms with Crippen molar-refractivity contribution in [2.24, 2.45) is 5.92 Å². The van der Waals surface area contributed by atoms with Gasteiger partial charge in [0.2, 0.25) is 5.82 Å². The SMILES string of the molecule is CC(C)Cc1cc(Nc2cc(N3CCN(C4COC4)CC3)nc(C(F)(F)F)n2)n[nH]1. The zero-order chi connectivity index (χ0) is 21.3. The van der Waals surface area contributed by atoms with Gasteiger partial charge < -0.3 is 15.0 Å². The number of nitrogens with zero attached hydrogens (tertiary/aromatic N) is 5. The third kappa shape index (κ3) is 4.84. The molecule has 0 unspecified atom stereocenters. The highest BCUT2D eigenvalue weighted by atomic mass is 19.4. The molecule has 2 saturated heterocycles. The number of hydrogen-bond donors (Lipinski definition) is 2. The minimum absolute atomic E-state index is 0.0738. The van der Waals surface area contributed by atoms with Crippen molar-refractivity contribution in [3.63, 3.8) is 0 Å². The van der Waals surface area contributed by atoms with E-state index in [0.717, 1.165) is 38.4 Å². The predicted octanol–water partition coefficient (Wildman–Crippen LogP) is 2.68. The highest BCUT2D eigenvalue weighted by molar-refractivity contribution is 5.57. The summed E-state index contributed by atoms with van der Waals surface area (Å²) < 4.78 is 45.5. The monoisotopic (exact) mass is 425 g/mol. The van der Waals surface area contributed by atoms with E-state index < -0.39 is 12.0 Å². The summed E-state index contributed by atoms with van der Waals surface area (Å²) in [4.78, 5) is 11.7. The van der Waals surface area contributed by atoms with Gasteiger partial charge in [0.15, 0.2) is 5.82 Å². The standard InChI is InChI=1S/C19H26F3N7O/c1-12(2)7-13-8-16(27-26-13)23-15-9-17(25-18(24-15)19(20,21)22)29-5-3-28(4-6-29)14-10-30-11-14/h8-9,12,14H,3-7,10-11H2,1-2H3,(H2,23,24,25,26,27). The summed E-state index contributed by atoms with van der Waals surface area (Å²) in [5, 5.41) is 9.92. The second-order valence-electron chi connectivity index (χ2n) is 8.15. The molecule has 0 atom stereocenters.